The van der Waals surface area contributed by atoms with Crippen LogP contribution in [0.2, 0.25) is 0 Å². The average Bonchev–Trinajstić information content (AvgIpc) is 2.88. The van der Waals surface area contributed by atoms with Crippen LogP contribution in [0.15, 0.2) is 47.5 Å². The van der Waals surface area contributed by atoms with Crippen LogP contribution in [0.5, 0.6) is 17.2 Å². The van der Waals surface area contributed by atoms with E-state index in [9.17, 15) is 9.59 Å². The third kappa shape index (κ3) is 4.57. The van der Waals surface area contributed by atoms with Gasteiger partial charge in [-0.15, -0.1) is 0 Å². The minimum absolute atomic E-state index is 0.00106. The van der Waals surface area contributed by atoms with E-state index in [1.807, 2.05) is 29.2 Å². The fourth-order valence-electron chi connectivity index (χ4n) is 4.29. The van der Waals surface area contributed by atoms with E-state index < -0.39 is 6.04 Å². The first kappa shape index (κ1) is 21.9. The molecule has 0 unspecified atom stereocenters. The first-order chi connectivity index (χ1) is 16.6. The fraction of sp³-hybridized carbons (Fsp3) is 0.375. The molecule has 1 saturated heterocycles. The van der Waals surface area contributed by atoms with Gasteiger partial charge in [0.15, 0.2) is 11.5 Å². The number of fused-ring (bicyclic) bond motifs is 1. The molecule has 0 bridgehead atoms. The minimum Gasteiger partial charge on any atom is -0.495 e. The zero-order valence-electron chi connectivity index (χ0n) is 19.0. The molecular formula is C24H27N5O5. The number of nitrogens with one attached hydrogen (secondary N) is 2. The van der Waals surface area contributed by atoms with E-state index in [0.29, 0.717) is 49.4 Å². The number of anilines is 2. The molecule has 2 N–H and O–H groups in total. The van der Waals surface area contributed by atoms with Crippen LogP contribution in [-0.4, -0.2) is 75.2 Å². The van der Waals surface area contributed by atoms with Crippen molar-refractivity contribution in [3.63, 3.8) is 0 Å². The number of para-hydroxylation sites is 2. The number of piperazine rings is 1. The molecule has 3 aliphatic rings. The molecule has 2 amide bonds. The van der Waals surface area contributed by atoms with Gasteiger partial charge >= 0.3 is 0 Å². The molecule has 5 rings (SSSR count). The highest BCUT2D eigenvalue weighted by molar-refractivity contribution is 6.06. The molecule has 0 radical (unpaired) electrons. The maximum Gasteiger partial charge on any atom is 0.249 e. The van der Waals surface area contributed by atoms with Gasteiger partial charge in [-0.1, -0.05) is 12.1 Å². The van der Waals surface area contributed by atoms with Crippen molar-refractivity contribution in [2.45, 2.75) is 12.5 Å². The number of guanidine groups is 1. The molecule has 3 heterocycles. The molecule has 10 heteroatoms. The van der Waals surface area contributed by atoms with Crippen LogP contribution in [-0.2, 0) is 9.59 Å². The summed E-state index contributed by atoms with van der Waals surface area (Å²) in [6.45, 7) is 3.76. The zero-order valence-corrected chi connectivity index (χ0v) is 19.0. The second kappa shape index (κ2) is 9.50. The van der Waals surface area contributed by atoms with Gasteiger partial charge in [-0.2, -0.15) is 0 Å². The summed E-state index contributed by atoms with van der Waals surface area (Å²) in [5.74, 6) is 1.95. The van der Waals surface area contributed by atoms with Crippen LogP contribution in [0.25, 0.3) is 0 Å². The highest BCUT2D eigenvalue weighted by Gasteiger charge is 2.31. The summed E-state index contributed by atoms with van der Waals surface area (Å²) in [6.07, 6.45) is 0.00106. The molecule has 34 heavy (non-hydrogen) atoms. The van der Waals surface area contributed by atoms with Gasteiger partial charge in [0.25, 0.3) is 0 Å². The number of rotatable bonds is 4. The van der Waals surface area contributed by atoms with Gasteiger partial charge in [0.1, 0.15) is 25.0 Å². The van der Waals surface area contributed by atoms with Crippen molar-refractivity contribution in [1.82, 2.24) is 10.2 Å². The molecular weight excluding hydrogens is 438 g/mol. The molecule has 10 nitrogen and oxygen atoms in total. The van der Waals surface area contributed by atoms with E-state index in [2.05, 4.69) is 20.5 Å². The molecule has 1 fully saturated rings. The maximum atomic E-state index is 12.9. The van der Waals surface area contributed by atoms with Crippen molar-refractivity contribution in [2.75, 3.05) is 56.7 Å². The van der Waals surface area contributed by atoms with Gasteiger partial charge in [0.05, 0.1) is 19.2 Å². The molecule has 1 atom stereocenters. The Balaban J connectivity index is 1.24. The molecule has 2 aromatic rings. The van der Waals surface area contributed by atoms with E-state index in [1.54, 1.807) is 25.3 Å². The van der Waals surface area contributed by atoms with Gasteiger partial charge in [0.2, 0.25) is 17.8 Å². The topological polar surface area (TPSA) is 105 Å². The van der Waals surface area contributed by atoms with Gasteiger partial charge in [-0.25, -0.2) is 4.99 Å². The zero-order chi connectivity index (χ0) is 23.5. The molecule has 0 aromatic heterocycles. The number of benzene rings is 2. The highest BCUT2D eigenvalue weighted by atomic mass is 16.6. The minimum atomic E-state index is -0.802. The van der Waals surface area contributed by atoms with Crippen LogP contribution in [0.3, 0.4) is 0 Å². The molecule has 178 valence electrons. The van der Waals surface area contributed by atoms with Crippen molar-refractivity contribution in [1.29, 1.82) is 0 Å². The second-order valence-corrected chi connectivity index (χ2v) is 8.21. The number of aliphatic imine (C=N–C) groups is 1. The van der Waals surface area contributed by atoms with Crippen LogP contribution < -0.4 is 29.7 Å². The normalized spacial score (nSPS) is 19.7. The van der Waals surface area contributed by atoms with Gasteiger partial charge in [-0.3, -0.25) is 14.9 Å². The summed E-state index contributed by atoms with van der Waals surface area (Å²) in [5.41, 5.74) is 1.61. The third-order valence-corrected chi connectivity index (χ3v) is 6.03. The lowest BCUT2D eigenvalue weighted by molar-refractivity contribution is -0.125. The van der Waals surface area contributed by atoms with Gasteiger partial charge < -0.3 is 29.3 Å². The maximum absolute atomic E-state index is 12.9. The Morgan fingerprint density at radius 3 is 2.59 bits per heavy atom. The molecule has 0 saturated carbocycles. The van der Waals surface area contributed by atoms with E-state index in [-0.39, 0.29) is 18.2 Å². The van der Waals surface area contributed by atoms with Crippen LogP contribution in [0.1, 0.15) is 6.42 Å². The average molecular weight is 466 g/mol. The van der Waals surface area contributed by atoms with Gasteiger partial charge in [0, 0.05) is 37.9 Å². The summed E-state index contributed by atoms with van der Waals surface area (Å²) >= 11 is 0. The van der Waals surface area contributed by atoms with E-state index >= 15 is 0 Å². The molecule has 2 aromatic carbocycles. The van der Waals surface area contributed by atoms with E-state index in [0.717, 1.165) is 24.5 Å². The number of carbonyl (C=O) groups excluding carboxylic acids is 2. The summed E-state index contributed by atoms with van der Waals surface area (Å²) in [7, 11) is 1.66. The van der Waals surface area contributed by atoms with Crippen molar-refractivity contribution in [2.24, 2.45) is 4.99 Å². The van der Waals surface area contributed by atoms with Crippen molar-refractivity contribution in [3.05, 3.63) is 42.5 Å². The summed E-state index contributed by atoms with van der Waals surface area (Å²) in [5, 5.41) is 5.67. The Hall–Kier alpha value is -3.95. The SMILES string of the molecule is COc1ccccc1N1CCN(C2=N[C@H](C(=O)Nc3ccc4c(c3)OCCO4)CC(=O)N2)CC1. The summed E-state index contributed by atoms with van der Waals surface area (Å²) < 4.78 is 16.6. The number of hydrogen-bond acceptors (Lipinski definition) is 8. The largest absolute Gasteiger partial charge is 0.495 e. The number of hydrogen-bond donors (Lipinski definition) is 2. The van der Waals surface area contributed by atoms with Crippen LogP contribution in [0.4, 0.5) is 11.4 Å². The van der Waals surface area contributed by atoms with E-state index in [1.165, 1.54) is 0 Å². The Kier molecular flexibility index (Phi) is 6.11. The third-order valence-electron chi connectivity index (χ3n) is 6.03. The van der Waals surface area contributed by atoms with E-state index in [4.69, 9.17) is 14.2 Å². The number of nitrogens with zero attached hydrogens (tertiary/aromatic N) is 3. The van der Waals surface area contributed by atoms with Crippen LogP contribution >= 0.6 is 0 Å². The van der Waals surface area contributed by atoms with Crippen LogP contribution in [0, 0.1) is 0 Å². The quantitative estimate of drug-likeness (QED) is 0.705. The van der Waals surface area contributed by atoms with Gasteiger partial charge in [-0.05, 0) is 24.3 Å². The lowest BCUT2D eigenvalue weighted by Gasteiger charge is -2.39. The first-order valence-electron chi connectivity index (χ1n) is 11.3. The standard InChI is InChI=1S/C24H27N5O5/c1-32-19-5-3-2-4-18(19)28-8-10-29(11-9-28)24-26-17(15-22(30)27-24)23(31)25-16-6-7-20-21(14-16)34-13-12-33-20/h2-7,14,17H,8-13,15H2,1H3,(H,25,31)(H,26,27,30)/t17-/m0/s1. The highest BCUT2D eigenvalue weighted by Crippen LogP contribution is 2.33. The predicted octanol–water partition coefficient (Wildman–Crippen LogP) is 1.47. The van der Waals surface area contributed by atoms with Crippen molar-refractivity contribution < 1.29 is 23.8 Å². The molecule has 0 spiro atoms. The Labute approximate surface area is 197 Å². The lowest BCUT2D eigenvalue weighted by Crippen LogP contribution is -2.56. The molecule has 0 aliphatic carbocycles. The number of carbonyl (C=O) groups is 2. The molecule has 3 aliphatic heterocycles. The van der Waals surface area contributed by atoms with Crippen molar-refractivity contribution >= 4 is 29.1 Å². The lowest BCUT2D eigenvalue weighted by atomic mass is 10.1. The summed E-state index contributed by atoms with van der Waals surface area (Å²) in [6, 6.07) is 12.3. The Bertz CT molecular complexity index is 1110. The number of amides is 2. The number of ether oxygens (including phenoxy) is 3. The Morgan fingerprint density at radius 1 is 1.06 bits per heavy atom. The smallest absolute Gasteiger partial charge is 0.249 e. The predicted molar refractivity (Wildman–Crippen MR) is 127 cm³/mol. The Morgan fingerprint density at radius 2 is 1.79 bits per heavy atom. The second-order valence-electron chi connectivity index (χ2n) is 8.21. The fourth-order valence-corrected chi connectivity index (χ4v) is 4.29. The summed E-state index contributed by atoms with van der Waals surface area (Å²) in [4.78, 5) is 34.1. The first-order valence-corrected chi connectivity index (χ1v) is 11.3. The monoisotopic (exact) mass is 465 g/mol. The number of methoxy groups -OCH3 is 1. The van der Waals surface area contributed by atoms with Crippen molar-refractivity contribution in [3.8, 4) is 17.2 Å².